The number of fused-ring (bicyclic) bond motifs is 1. The molecule has 1 fully saturated rings. The molecule has 1 atom stereocenters. The van der Waals surface area contributed by atoms with E-state index in [-0.39, 0.29) is 23.8 Å². The number of ether oxygens (including phenoxy) is 2. The molecule has 0 aliphatic carbocycles. The van der Waals surface area contributed by atoms with Gasteiger partial charge in [-0.05, 0) is 42.2 Å². The van der Waals surface area contributed by atoms with Crippen LogP contribution < -0.4 is 10.1 Å². The van der Waals surface area contributed by atoms with Crippen molar-refractivity contribution in [2.75, 3.05) is 20.2 Å². The molecule has 0 saturated carbocycles. The van der Waals surface area contributed by atoms with Gasteiger partial charge in [-0.25, -0.2) is 4.98 Å². The number of imidazole rings is 1. The fourth-order valence-electron chi connectivity index (χ4n) is 4.66. The first kappa shape index (κ1) is 23.0. The molecule has 2 aliphatic rings. The zero-order valence-electron chi connectivity index (χ0n) is 19.7. The van der Waals surface area contributed by atoms with Gasteiger partial charge in [-0.3, -0.25) is 14.6 Å². The third kappa shape index (κ3) is 5.05. The number of nitrogens with one attached hydrogen (secondary N) is 1. The molecule has 3 aromatic rings. The Kier molecular flexibility index (Phi) is 6.76. The number of hydrogen-bond donors (Lipinski definition) is 1. The number of methoxy groups -OCH3 is 1. The van der Waals surface area contributed by atoms with Crippen molar-refractivity contribution in [1.29, 1.82) is 0 Å². The number of amides is 2. The molecule has 0 radical (unpaired) electrons. The normalized spacial score (nSPS) is 18.1. The molecule has 35 heavy (non-hydrogen) atoms. The maximum atomic E-state index is 13.2. The largest absolute Gasteiger partial charge is 0.497 e. The van der Waals surface area contributed by atoms with Gasteiger partial charge in [0, 0.05) is 37.9 Å². The van der Waals surface area contributed by atoms with Gasteiger partial charge in [0.2, 0.25) is 5.91 Å². The van der Waals surface area contributed by atoms with Crippen molar-refractivity contribution in [3.8, 4) is 5.75 Å². The van der Waals surface area contributed by atoms with E-state index < -0.39 is 0 Å². The highest BCUT2D eigenvalue weighted by atomic mass is 16.5. The van der Waals surface area contributed by atoms with E-state index in [9.17, 15) is 9.59 Å². The second-order valence-electron chi connectivity index (χ2n) is 8.91. The van der Waals surface area contributed by atoms with Crippen LogP contribution >= 0.6 is 0 Å². The van der Waals surface area contributed by atoms with Gasteiger partial charge in [0.15, 0.2) is 5.69 Å². The molecule has 1 aromatic carbocycles. The number of piperidine rings is 1. The molecule has 0 unspecified atom stereocenters. The number of likely N-dealkylation sites (tertiary alicyclic amines) is 1. The maximum Gasteiger partial charge on any atom is 0.274 e. The summed E-state index contributed by atoms with van der Waals surface area (Å²) >= 11 is 0. The predicted molar refractivity (Wildman–Crippen MR) is 127 cm³/mol. The van der Waals surface area contributed by atoms with Crippen molar-refractivity contribution in [2.45, 2.75) is 38.6 Å². The van der Waals surface area contributed by atoms with Crippen LogP contribution in [-0.2, 0) is 29.2 Å². The van der Waals surface area contributed by atoms with Crippen LogP contribution in [0.5, 0.6) is 5.75 Å². The second kappa shape index (κ2) is 10.3. The molecular weight excluding hydrogens is 446 g/mol. The molecule has 1 saturated heterocycles. The fraction of sp³-hybridized carbons (Fsp3) is 0.385. The monoisotopic (exact) mass is 475 g/mol. The summed E-state index contributed by atoms with van der Waals surface area (Å²) in [5, 5.41) is 2.98. The van der Waals surface area contributed by atoms with Crippen molar-refractivity contribution in [2.24, 2.45) is 5.92 Å². The van der Waals surface area contributed by atoms with Crippen molar-refractivity contribution in [3.63, 3.8) is 0 Å². The van der Waals surface area contributed by atoms with Crippen LogP contribution in [0.3, 0.4) is 0 Å². The minimum absolute atomic E-state index is 0.0262. The minimum atomic E-state index is -0.105. The van der Waals surface area contributed by atoms with Gasteiger partial charge in [0.05, 0.1) is 32.3 Å². The Bertz CT molecular complexity index is 1170. The summed E-state index contributed by atoms with van der Waals surface area (Å²) in [5.41, 5.74) is 3.27. The van der Waals surface area contributed by atoms with E-state index in [1.807, 2.05) is 41.0 Å². The summed E-state index contributed by atoms with van der Waals surface area (Å²) in [6, 6.07) is 11.6. The molecule has 1 N–H and O–H groups in total. The molecule has 2 aliphatic heterocycles. The van der Waals surface area contributed by atoms with Gasteiger partial charge >= 0.3 is 0 Å². The first-order valence-corrected chi connectivity index (χ1v) is 11.9. The minimum Gasteiger partial charge on any atom is -0.497 e. The van der Waals surface area contributed by atoms with Gasteiger partial charge in [-0.1, -0.05) is 18.2 Å². The highest BCUT2D eigenvalue weighted by Gasteiger charge is 2.32. The molecule has 5 rings (SSSR count). The third-order valence-corrected chi connectivity index (χ3v) is 6.76. The van der Waals surface area contributed by atoms with Crippen LogP contribution in [0.2, 0.25) is 0 Å². The number of nitrogens with zero attached hydrogens (tertiary/aromatic N) is 4. The molecule has 0 spiro atoms. The Balaban J connectivity index is 1.16. The Morgan fingerprint density at radius 2 is 1.97 bits per heavy atom. The lowest BCUT2D eigenvalue weighted by atomic mass is 9.95. The smallest absolute Gasteiger partial charge is 0.274 e. The first-order valence-electron chi connectivity index (χ1n) is 11.9. The second-order valence-corrected chi connectivity index (χ2v) is 8.91. The number of aromatic nitrogens is 3. The van der Waals surface area contributed by atoms with E-state index in [1.54, 1.807) is 30.7 Å². The van der Waals surface area contributed by atoms with E-state index in [4.69, 9.17) is 9.47 Å². The van der Waals surface area contributed by atoms with E-state index in [0.717, 1.165) is 22.6 Å². The lowest BCUT2D eigenvalue weighted by molar-refractivity contribution is -0.126. The molecule has 0 bridgehead atoms. The zero-order chi connectivity index (χ0) is 24.2. The summed E-state index contributed by atoms with van der Waals surface area (Å²) in [4.78, 5) is 36.1. The lowest BCUT2D eigenvalue weighted by Gasteiger charge is -2.31. The predicted octanol–water partition coefficient (Wildman–Crippen LogP) is 2.73. The van der Waals surface area contributed by atoms with Crippen LogP contribution in [0.1, 0.15) is 46.3 Å². The Labute approximate surface area is 204 Å². The Hall–Kier alpha value is -3.72. The highest BCUT2D eigenvalue weighted by molar-refractivity contribution is 5.93. The van der Waals surface area contributed by atoms with Gasteiger partial charge in [-0.2, -0.15) is 0 Å². The molecule has 9 nitrogen and oxygen atoms in total. The van der Waals surface area contributed by atoms with E-state index >= 15 is 0 Å². The van der Waals surface area contributed by atoms with Crippen LogP contribution in [0.4, 0.5) is 0 Å². The van der Waals surface area contributed by atoms with Crippen molar-refractivity contribution < 1.29 is 19.1 Å². The lowest BCUT2D eigenvalue weighted by Crippen LogP contribution is -2.43. The van der Waals surface area contributed by atoms with Crippen molar-refractivity contribution >= 4 is 11.8 Å². The SMILES string of the molecule is COc1ccc([C@H]2Cn3cnc(C(=O)N4CCC(C(=O)NCc5cccnc5)CC4)c3CO2)cc1. The topological polar surface area (TPSA) is 98.6 Å². The van der Waals surface area contributed by atoms with Crippen LogP contribution in [-0.4, -0.2) is 51.4 Å². The van der Waals surface area contributed by atoms with E-state index in [2.05, 4.69) is 15.3 Å². The maximum absolute atomic E-state index is 13.2. The summed E-state index contributed by atoms with van der Waals surface area (Å²) in [6.07, 6.45) is 6.34. The van der Waals surface area contributed by atoms with Crippen molar-refractivity contribution in [3.05, 3.63) is 77.6 Å². The standard InChI is InChI=1S/C26H29N5O4/c1-34-21-6-4-19(5-7-21)23-15-31-17-29-24(22(31)16-35-23)26(33)30-11-8-20(9-12-30)25(32)28-14-18-3-2-10-27-13-18/h2-7,10,13,17,20,23H,8-9,11-12,14-16H2,1H3,(H,28,32)/t23-/m1/s1. The number of benzene rings is 1. The van der Waals surface area contributed by atoms with Crippen LogP contribution in [0, 0.1) is 5.92 Å². The summed E-state index contributed by atoms with van der Waals surface area (Å²) < 4.78 is 13.3. The number of carbonyl (C=O) groups excluding carboxylic acids is 2. The zero-order valence-corrected chi connectivity index (χ0v) is 19.7. The van der Waals surface area contributed by atoms with Gasteiger partial charge in [0.1, 0.15) is 11.9 Å². The van der Waals surface area contributed by atoms with E-state index in [1.165, 1.54) is 0 Å². The molecule has 2 aromatic heterocycles. The fourth-order valence-corrected chi connectivity index (χ4v) is 4.66. The van der Waals surface area contributed by atoms with E-state index in [0.29, 0.717) is 51.3 Å². The molecule has 2 amide bonds. The summed E-state index contributed by atoms with van der Waals surface area (Å²) in [7, 11) is 1.64. The number of carbonyl (C=O) groups is 2. The third-order valence-electron chi connectivity index (χ3n) is 6.76. The van der Waals surface area contributed by atoms with Crippen LogP contribution in [0.25, 0.3) is 0 Å². The Morgan fingerprint density at radius 3 is 2.69 bits per heavy atom. The molecule has 9 heteroatoms. The average Bonchev–Trinajstić information content (AvgIpc) is 3.35. The van der Waals surface area contributed by atoms with Gasteiger partial charge in [0.25, 0.3) is 5.91 Å². The Morgan fingerprint density at radius 1 is 1.17 bits per heavy atom. The molecule has 182 valence electrons. The summed E-state index contributed by atoms with van der Waals surface area (Å²) in [5.74, 6) is 0.633. The average molecular weight is 476 g/mol. The summed E-state index contributed by atoms with van der Waals surface area (Å²) in [6.45, 7) is 2.45. The number of hydrogen-bond acceptors (Lipinski definition) is 6. The van der Waals surface area contributed by atoms with Gasteiger partial charge < -0.3 is 24.3 Å². The highest BCUT2D eigenvalue weighted by Crippen LogP contribution is 2.30. The number of pyridine rings is 1. The van der Waals surface area contributed by atoms with Crippen LogP contribution in [0.15, 0.2) is 55.1 Å². The van der Waals surface area contributed by atoms with Gasteiger partial charge in [-0.15, -0.1) is 0 Å². The van der Waals surface area contributed by atoms with Crippen molar-refractivity contribution in [1.82, 2.24) is 24.8 Å². The molecule has 4 heterocycles. The first-order chi connectivity index (χ1) is 17.1. The number of rotatable bonds is 6. The molecular formula is C26H29N5O4. The quantitative estimate of drug-likeness (QED) is 0.589.